The van der Waals surface area contributed by atoms with Gasteiger partial charge in [-0.25, -0.2) is 14.9 Å². The Morgan fingerprint density at radius 2 is 1.84 bits per heavy atom. The molecule has 96 valence electrons. The first-order chi connectivity index (χ1) is 9.24. The number of carbonyl (C=O) groups excluding carboxylic acids is 1. The standard InChI is InChI=1S/C11H8ClN5OS/c12-16-11(19)17(10-14-4-1-5-15-10)9(18)8-2-6-13-7-3-8/h1-7H,(H,16,19). The van der Waals surface area contributed by atoms with Gasteiger partial charge in [-0.15, -0.1) is 0 Å². The Hall–Kier alpha value is -2.12. The van der Waals surface area contributed by atoms with E-state index < -0.39 is 5.91 Å². The number of anilines is 1. The van der Waals surface area contributed by atoms with Crippen LogP contribution in [0.5, 0.6) is 0 Å². The Bertz CT molecular complexity index is 580. The molecule has 6 nitrogen and oxygen atoms in total. The highest BCUT2D eigenvalue weighted by Crippen LogP contribution is 2.11. The molecule has 0 atom stereocenters. The highest BCUT2D eigenvalue weighted by atomic mass is 35.5. The number of aromatic nitrogens is 3. The zero-order chi connectivity index (χ0) is 13.7. The van der Waals surface area contributed by atoms with Gasteiger partial charge in [0, 0.05) is 42.1 Å². The maximum absolute atomic E-state index is 12.4. The Morgan fingerprint density at radius 1 is 1.21 bits per heavy atom. The molecule has 0 saturated heterocycles. The molecule has 0 spiro atoms. The van der Waals surface area contributed by atoms with Gasteiger partial charge >= 0.3 is 0 Å². The second kappa shape index (κ2) is 6.17. The molecule has 2 heterocycles. The SMILES string of the molecule is O=C(c1ccncc1)N(C(=S)NCl)c1ncccn1. The molecule has 0 radical (unpaired) electrons. The number of pyridine rings is 1. The van der Waals surface area contributed by atoms with Crippen molar-refractivity contribution >= 4 is 41.0 Å². The van der Waals surface area contributed by atoms with E-state index in [0.29, 0.717) is 5.56 Å². The predicted octanol–water partition coefficient (Wildman–Crippen LogP) is 1.55. The summed E-state index contributed by atoms with van der Waals surface area (Å²) in [7, 11) is 0. The van der Waals surface area contributed by atoms with Crippen LogP contribution < -0.4 is 9.74 Å². The topological polar surface area (TPSA) is 71.0 Å². The van der Waals surface area contributed by atoms with E-state index in [1.807, 2.05) is 0 Å². The van der Waals surface area contributed by atoms with Crippen LogP contribution in [0.3, 0.4) is 0 Å². The lowest BCUT2D eigenvalue weighted by atomic mass is 10.2. The Morgan fingerprint density at radius 3 is 2.42 bits per heavy atom. The molecule has 0 aliphatic carbocycles. The monoisotopic (exact) mass is 293 g/mol. The van der Waals surface area contributed by atoms with Crippen LogP contribution in [-0.4, -0.2) is 26.0 Å². The molecule has 2 rings (SSSR count). The molecule has 0 aliphatic heterocycles. The van der Waals surface area contributed by atoms with Crippen molar-refractivity contribution in [2.75, 3.05) is 4.90 Å². The minimum Gasteiger partial charge on any atom is -0.274 e. The van der Waals surface area contributed by atoms with Gasteiger partial charge in [0.2, 0.25) is 5.95 Å². The fraction of sp³-hybridized carbons (Fsp3) is 0. The maximum atomic E-state index is 12.4. The van der Waals surface area contributed by atoms with Gasteiger partial charge < -0.3 is 0 Å². The van der Waals surface area contributed by atoms with Gasteiger partial charge in [-0.2, -0.15) is 0 Å². The van der Waals surface area contributed by atoms with Crippen LogP contribution in [0.25, 0.3) is 0 Å². The molecular weight excluding hydrogens is 286 g/mol. The average molecular weight is 294 g/mol. The lowest BCUT2D eigenvalue weighted by Crippen LogP contribution is -2.41. The van der Waals surface area contributed by atoms with Gasteiger partial charge in [-0.1, -0.05) is 0 Å². The van der Waals surface area contributed by atoms with Crippen molar-refractivity contribution < 1.29 is 4.79 Å². The Kier molecular flexibility index (Phi) is 4.32. The number of nitrogens with zero attached hydrogens (tertiary/aromatic N) is 4. The second-order valence-electron chi connectivity index (χ2n) is 3.32. The minimum absolute atomic E-state index is 0.00493. The summed E-state index contributed by atoms with van der Waals surface area (Å²) in [5, 5.41) is -0.00493. The van der Waals surface area contributed by atoms with Crippen molar-refractivity contribution in [3.05, 3.63) is 48.5 Å². The van der Waals surface area contributed by atoms with Crippen LogP contribution in [0.15, 0.2) is 43.0 Å². The highest BCUT2D eigenvalue weighted by Gasteiger charge is 2.23. The van der Waals surface area contributed by atoms with Gasteiger partial charge in [0.25, 0.3) is 5.91 Å². The molecule has 8 heteroatoms. The van der Waals surface area contributed by atoms with Crippen LogP contribution >= 0.6 is 24.0 Å². The molecule has 0 saturated carbocycles. The van der Waals surface area contributed by atoms with Crippen molar-refractivity contribution in [2.45, 2.75) is 0 Å². The molecule has 0 bridgehead atoms. The third kappa shape index (κ3) is 3.01. The van der Waals surface area contributed by atoms with Gasteiger partial charge in [0.05, 0.1) is 0 Å². The van der Waals surface area contributed by atoms with E-state index in [9.17, 15) is 4.79 Å². The fourth-order valence-electron chi connectivity index (χ4n) is 1.35. The van der Waals surface area contributed by atoms with Crippen LogP contribution in [-0.2, 0) is 0 Å². The summed E-state index contributed by atoms with van der Waals surface area (Å²) in [5.41, 5.74) is 0.400. The Labute approximate surface area is 119 Å². The van der Waals surface area contributed by atoms with Crippen molar-refractivity contribution in [1.82, 2.24) is 19.8 Å². The quantitative estimate of drug-likeness (QED) is 0.669. The van der Waals surface area contributed by atoms with E-state index in [-0.39, 0.29) is 11.1 Å². The normalized spacial score (nSPS) is 9.74. The molecule has 0 fully saturated rings. The molecule has 0 unspecified atom stereocenters. The zero-order valence-electron chi connectivity index (χ0n) is 9.52. The van der Waals surface area contributed by atoms with Gasteiger partial charge in [0.15, 0.2) is 5.11 Å². The third-order valence-corrected chi connectivity index (χ3v) is 2.74. The number of amides is 1. The predicted molar refractivity (Wildman–Crippen MR) is 74.7 cm³/mol. The maximum Gasteiger partial charge on any atom is 0.267 e. The van der Waals surface area contributed by atoms with E-state index in [2.05, 4.69) is 19.8 Å². The summed E-state index contributed by atoms with van der Waals surface area (Å²) in [4.78, 5) is 27.5. The van der Waals surface area contributed by atoms with E-state index in [0.717, 1.165) is 4.90 Å². The number of thiocarbonyl (C=S) groups is 1. The van der Waals surface area contributed by atoms with E-state index in [1.54, 1.807) is 18.2 Å². The number of carbonyl (C=O) groups is 1. The summed E-state index contributed by atoms with van der Waals surface area (Å²) < 4.78 is 0. The average Bonchev–Trinajstić information content (AvgIpc) is 2.49. The first-order valence-corrected chi connectivity index (χ1v) is 5.94. The molecule has 2 aromatic heterocycles. The lowest BCUT2D eigenvalue weighted by Gasteiger charge is -2.19. The van der Waals surface area contributed by atoms with E-state index in [1.165, 1.54) is 24.8 Å². The van der Waals surface area contributed by atoms with Gasteiger partial charge in [0.1, 0.15) is 0 Å². The first kappa shape index (κ1) is 13.3. The number of nitrogens with one attached hydrogen (secondary N) is 1. The first-order valence-electron chi connectivity index (χ1n) is 5.16. The van der Waals surface area contributed by atoms with Crippen LogP contribution in [0.4, 0.5) is 5.95 Å². The largest absolute Gasteiger partial charge is 0.274 e. The van der Waals surface area contributed by atoms with Crippen molar-refractivity contribution in [2.24, 2.45) is 0 Å². The second-order valence-corrected chi connectivity index (χ2v) is 3.90. The number of rotatable bonds is 2. The summed E-state index contributed by atoms with van der Waals surface area (Å²) in [5.74, 6) is -0.255. The van der Waals surface area contributed by atoms with E-state index >= 15 is 0 Å². The van der Waals surface area contributed by atoms with Crippen LogP contribution in [0.1, 0.15) is 10.4 Å². The minimum atomic E-state index is -0.397. The van der Waals surface area contributed by atoms with E-state index in [4.69, 9.17) is 24.0 Å². The third-order valence-electron chi connectivity index (χ3n) is 2.17. The van der Waals surface area contributed by atoms with Crippen molar-refractivity contribution in [3.8, 4) is 0 Å². The number of halogens is 1. The molecule has 19 heavy (non-hydrogen) atoms. The zero-order valence-corrected chi connectivity index (χ0v) is 11.1. The van der Waals surface area contributed by atoms with Crippen molar-refractivity contribution in [3.63, 3.8) is 0 Å². The number of hydrogen-bond donors (Lipinski definition) is 1. The molecule has 2 aromatic rings. The summed E-state index contributed by atoms with van der Waals surface area (Å²) in [6.45, 7) is 0. The molecule has 0 aromatic carbocycles. The number of hydrogen-bond acceptors (Lipinski definition) is 5. The summed E-state index contributed by atoms with van der Waals surface area (Å²) >= 11 is 10.5. The highest BCUT2D eigenvalue weighted by molar-refractivity contribution is 7.80. The van der Waals surface area contributed by atoms with Crippen LogP contribution in [0, 0.1) is 0 Å². The van der Waals surface area contributed by atoms with Gasteiger partial charge in [-0.3, -0.25) is 14.6 Å². The fourth-order valence-corrected chi connectivity index (χ4v) is 1.60. The summed E-state index contributed by atoms with van der Waals surface area (Å²) in [6, 6.07) is 4.76. The molecular formula is C11H8ClN5OS. The molecule has 1 amide bonds. The molecule has 0 aliphatic rings. The van der Waals surface area contributed by atoms with Crippen molar-refractivity contribution in [1.29, 1.82) is 0 Å². The Balaban J connectivity index is 2.40. The smallest absolute Gasteiger partial charge is 0.267 e. The lowest BCUT2D eigenvalue weighted by molar-refractivity contribution is 0.100. The van der Waals surface area contributed by atoms with Gasteiger partial charge in [-0.05, 0) is 30.4 Å². The summed E-state index contributed by atoms with van der Waals surface area (Å²) in [6.07, 6.45) is 6.03. The van der Waals surface area contributed by atoms with Crippen LogP contribution in [0.2, 0.25) is 0 Å². The molecule has 1 N–H and O–H groups in total.